The Labute approximate surface area is 293 Å². The number of aryl methyl sites for hydroxylation is 1. The molecule has 1 aliphatic heterocycles. The van der Waals surface area contributed by atoms with Gasteiger partial charge in [-0.3, -0.25) is 10.2 Å². The summed E-state index contributed by atoms with van der Waals surface area (Å²) in [6.45, 7) is 5.54. The van der Waals surface area contributed by atoms with Crippen LogP contribution in [0.25, 0.3) is 21.1 Å². The molecule has 9 rings (SSSR count). The van der Waals surface area contributed by atoms with Gasteiger partial charge in [0.25, 0.3) is 0 Å². The van der Waals surface area contributed by atoms with Gasteiger partial charge in [-0.25, -0.2) is 9.97 Å². The van der Waals surface area contributed by atoms with Crippen LogP contribution in [0.5, 0.6) is 0 Å². The van der Waals surface area contributed by atoms with Crippen molar-refractivity contribution in [2.75, 3.05) is 18.4 Å². The molecule has 0 spiro atoms. The zero-order chi connectivity index (χ0) is 34.7. The van der Waals surface area contributed by atoms with Crippen LogP contribution < -0.4 is 10.6 Å². The summed E-state index contributed by atoms with van der Waals surface area (Å²) in [5.41, 5.74) is 5.53. The predicted octanol–water partition coefficient (Wildman–Crippen LogP) is 7.08. The van der Waals surface area contributed by atoms with E-state index in [1.807, 2.05) is 36.4 Å². The summed E-state index contributed by atoms with van der Waals surface area (Å²) in [6, 6.07) is 20.7. The van der Waals surface area contributed by atoms with Crippen LogP contribution in [-0.4, -0.2) is 61.6 Å². The normalized spacial score (nSPS) is 23.0. The fourth-order valence-corrected chi connectivity index (χ4v) is 9.85. The Bertz CT molecular complexity index is 2060. The van der Waals surface area contributed by atoms with Crippen LogP contribution in [-0.2, 0) is 25.9 Å². The number of aliphatic hydroxyl groups excluding tert-OH is 1. The number of nitrogens with one attached hydrogen (secondary N) is 2. The lowest BCUT2D eigenvalue weighted by Gasteiger charge is -2.71. The van der Waals surface area contributed by atoms with Crippen molar-refractivity contribution < 1.29 is 18.3 Å². The molecular formula is C38H40F3N7OS. The van der Waals surface area contributed by atoms with E-state index in [1.54, 1.807) is 6.07 Å². The van der Waals surface area contributed by atoms with Crippen LogP contribution in [0.4, 0.5) is 19.0 Å². The number of aromatic nitrogens is 3. The molecule has 50 heavy (non-hydrogen) atoms. The molecular weight excluding hydrogens is 660 g/mol. The number of halogens is 3. The second-order valence-corrected chi connectivity index (χ2v) is 15.9. The molecule has 4 fully saturated rings. The van der Waals surface area contributed by atoms with Gasteiger partial charge in [0.1, 0.15) is 35.0 Å². The van der Waals surface area contributed by atoms with Crippen LogP contribution in [0, 0.1) is 23.7 Å². The largest absolute Gasteiger partial charge is 0.393 e. The maximum absolute atomic E-state index is 13.0. The maximum atomic E-state index is 13.0. The van der Waals surface area contributed by atoms with Crippen LogP contribution in [0.15, 0.2) is 60.9 Å². The SMILES string of the molecule is Cc1c(CN2CCC(Nc3ncnc4sc(CC(F)(F)F)cc34)CC2)ccc2c1cc(C#N)n2CC12CC(NC(O)Cc3ccccc3)(C1)C2. The van der Waals surface area contributed by atoms with Crippen molar-refractivity contribution in [3.8, 4) is 6.07 Å². The lowest BCUT2D eigenvalue weighted by Crippen LogP contribution is -2.76. The molecule has 1 saturated heterocycles. The summed E-state index contributed by atoms with van der Waals surface area (Å²) in [6.07, 6.45) is 1.02. The third-order valence-corrected chi connectivity index (χ3v) is 12.1. The standard InChI is InChI=1S/C38H40F3N7OS/c1-24-26(18-47-11-9-27(10-12-47)45-34-31-15-29(16-38(39,40)41)50-35(31)44-23-43-34)7-8-32-30(24)14-28(17-42)48(32)22-36-19-37(20-36,21-36)46-33(49)13-25-5-3-2-4-6-25/h2-8,14-15,23,27,33,46,49H,9-13,16,18-22H2,1H3,(H,43,44,45). The minimum atomic E-state index is -4.26. The van der Waals surface area contributed by atoms with E-state index < -0.39 is 18.8 Å². The fraction of sp³-hybridized carbons (Fsp3) is 0.447. The number of benzene rings is 2. The van der Waals surface area contributed by atoms with Gasteiger partial charge in [-0.05, 0) is 79.3 Å². The molecule has 3 aliphatic carbocycles. The molecule has 1 atom stereocenters. The summed E-state index contributed by atoms with van der Waals surface area (Å²) in [5, 5.41) is 29.6. The average Bonchev–Trinajstić information content (AvgIpc) is 3.62. The second kappa shape index (κ2) is 12.6. The number of nitrogens with zero attached hydrogens (tertiary/aromatic N) is 5. The van der Waals surface area contributed by atoms with Crippen molar-refractivity contribution in [2.24, 2.45) is 5.41 Å². The van der Waals surface area contributed by atoms with E-state index in [0.717, 1.165) is 86.1 Å². The molecule has 5 aromatic rings. The lowest BCUT2D eigenvalue weighted by molar-refractivity contribution is -0.180. The Morgan fingerprint density at radius 2 is 1.82 bits per heavy atom. The molecule has 4 aliphatic rings. The van der Waals surface area contributed by atoms with E-state index in [9.17, 15) is 23.5 Å². The number of alkyl halides is 3. The molecule has 12 heteroatoms. The number of thiophene rings is 1. The van der Waals surface area contributed by atoms with Gasteiger partial charge < -0.3 is 15.0 Å². The topological polar surface area (TPSA) is 102 Å². The Morgan fingerprint density at radius 1 is 1.06 bits per heavy atom. The van der Waals surface area contributed by atoms with Crippen LogP contribution in [0.2, 0.25) is 0 Å². The molecule has 4 heterocycles. The number of aliphatic hydroxyl groups is 1. The maximum Gasteiger partial charge on any atom is 0.393 e. The summed E-state index contributed by atoms with van der Waals surface area (Å²) in [4.78, 5) is 11.8. The van der Waals surface area contributed by atoms with E-state index in [-0.39, 0.29) is 21.9 Å². The molecule has 0 amide bonds. The Morgan fingerprint density at radius 3 is 2.54 bits per heavy atom. The highest BCUT2D eigenvalue weighted by molar-refractivity contribution is 7.18. The van der Waals surface area contributed by atoms with Crippen molar-refractivity contribution in [1.82, 2.24) is 24.8 Å². The number of piperidine rings is 1. The van der Waals surface area contributed by atoms with Gasteiger partial charge in [0.15, 0.2) is 0 Å². The van der Waals surface area contributed by atoms with Gasteiger partial charge in [0.2, 0.25) is 0 Å². The first-order chi connectivity index (χ1) is 24.0. The van der Waals surface area contributed by atoms with Crippen LogP contribution in [0.1, 0.15) is 59.4 Å². The van der Waals surface area contributed by atoms with Crippen molar-refractivity contribution in [1.29, 1.82) is 5.26 Å². The summed E-state index contributed by atoms with van der Waals surface area (Å²) in [7, 11) is 0. The quantitative estimate of drug-likeness (QED) is 0.127. The highest BCUT2D eigenvalue weighted by atomic mass is 32.1. The number of anilines is 1. The number of likely N-dealkylation sites (tertiary alicyclic amines) is 1. The molecule has 3 N–H and O–H groups in total. The number of nitriles is 1. The highest BCUT2D eigenvalue weighted by Gasteiger charge is 2.68. The number of hydrogen-bond donors (Lipinski definition) is 3. The Kier molecular flexibility index (Phi) is 8.38. The first-order valence-corrected chi connectivity index (χ1v) is 18.1. The monoisotopic (exact) mass is 699 g/mol. The van der Waals surface area contributed by atoms with Gasteiger partial charge >= 0.3 is 6.18 Å². The molecule has 3 saturated carbocycles. The minimum Gasteiger partial charge on any atom is -0.378 e. The van der Waals surface area contributed by atoms with E-state index in [4.69, 9.17) is 0 Å². The molecule has 1 unspecified atom stereocenters. The summed E-state index contributed by atoms with van der Waals surface area (Å²) >= 11 is 1.07. The zero-order valence-corrected chi connectivity index (χ0v) is 28.7. The second-order valence-electron chi connectivity index (χ2n) is 14.8. The van der Waals surface area contributed by atoms with Crippen LogP contribution in [0.3, 0.4) is 0 Å². The van der Waals surface area contributed by atoms with Crippen molar-refractivity contribution >= 4 is 38.3 Å². The number of rotatable bonds is 11. The predicted molar refractivity (Wildman–Crippen MR) is 189 cm³/mol. The van der Waals surface area contributed by atoms with E-state index in [1.165, 1.54) is 17.5 Å². The zero-order valence-electron chi connectivity index (χ0n) is 27.9. The first-order valence-electron chi connectivity index (χ1n) is 17.3. The van der Waals surface area contributed by atoms with Crippen molar-refractivity contribution in [2.45, 2.75) is 88.9 Å². The third kappa shape index (κ3) is 6.48. The summed E-state index contributed by atoms with van der Waals surface area (Å²) in [5.74, 6) is 0.600. The molecule has 260 valence electrons. The molecule has 2 bridgehead atoms. The van der Waals surface area contributed by atoms with Crippen LogP contribution >= 0.6 is 11.3 Å². The Hall–Kier alpha value is -4.02. The molecule has 3 aromatic heterocycles. The average molecular weight is 700 g/mol. The van der Waals surface area contributed by atoms with E-state index in [0.29, 0.717) is 28.1 Å². The molecule has 0 radical (unpaired) electrons. The van der Waals surface area contributed by atoms with Gasteiger partial charge in [0.05, 0.1) is 11.8 Å². The first kappa shape index (κ1) is 33.1. The minimum absolute atomic E-state index is 0.00109. The van der Waals surface area contributed by atoms with Gasteiger partial charge in [-0.2, -0.15) is 18.4 Å². The fourth-order valence-electron chi connectivity index (χ4n) is 8.83. The van der Waals surface area contributed by atoms with Crippen molar-refractivity contribution in [3.63, 3.8) is 0 Å². The molecule has 8 nitrogen and oxygen atoms in total. The molecule has 2 aromatic carbocycles. The lowest BCUT2D eigenvalue weighted by atomic mass is 9.39. The highest BCUT2D eigenvalue weighted by Crippen LogP contribution is 2.68. The summed E-state index contributed by atoms with van der Waals surface area (Å²) < 4.78 is 41.1. The van der Waals surface area contributed by atoms with E-state index >= 15 is 0 Å². The number of fused-ring (bicyclic) bond motifs is 2. The van der Waals surface area contributed by atoms with Gasteiger partial charge in [-0.1, -0.05) is 36.4 Å². The Balaban J connectivity index is 0.880. The van der Waals surface area contributed by atoms with Gasteiger partial charge in [0, 0.05) is 60.0 Å². The van der Waals surface area contributed by atoms with Crippen molar-refractivity contribution in [3.05, 3.63) is 88.2 Å². The third-order valence-electron chi connectivity index (χ3n) is 11.0. The van der Waals surface area contributed by atoms with E-state index in [2.05, 4.69) is 55.2 Å². The van der Waals surface area contributed by atoms with Gasteiger partial charge in [-0.15, -0.1) is 11.3 Å². The smallest absolute Gasteiger partial charge is 0.378 e. The number of hydrogen-bond acceptors (Lipinski definition) is 8.